The summed E-state index contributed by atoms with van der Waals surface area (Å²) in [6.45, 7) is 5.34. The van der Waals surface area contributed by atoms with Crippen LogP contribution in [0.4, 0.5) is 0 Å². The lowest BCUT2D eigenvalue weighted by Gasteiger charge is -2.17. The van der Waals surface area contributed by atoms with Crippen LogP contribution >= 0.6 is 0 Å². The van der Waals surface area contributed by atoms with Gasteiger partial charge in [-0.3, -0.25) is 4.79 Å². The van der Waals surface area contributed by atoms with Crippen molar-refractivity contribution in [2.24, 2.45) is 17.8 Å². The average molecular weight is 475 g/mol. The summed E-state index contributed by atoms with van der Waals surface area (Å²) in [6, 6.07) is 9.93. The third kappa shape index (κ3) is 5.47. The zero-order valence-corrected chi connectivity index (χ0v) is 19.8. The van der Waals surface area contributed by atoms with Gasteiger partial charge in [-0.05, 0) is 62.4 Å². The number of hydrogen-bond acceptors (Lipinski definition) is 6. The fourth-order valence-electron chi connectivity index (χ4n) is 5.03. The molecular weight excluding hydrogens is 444 g/mol. The second kappa shape index (κ2) is 10.1. The summed E-state index contributed by atoms with van der Waals surface area (Å²) in [5.41, 5.74) is 2.70. The van der Waals surface area contributed by atoms with Gasteiger partial charge >= 0.3 is 5.97 Å². The molecule has 1 aliphatic carbocycles. The first-order valence-corrected chi connectivity index (χ1v) is 12.2. The zero-order chi connectivity index (χ0) is 24.4. The van der Waals surface area contributed by atoms with E-state index in [-0.39, 0.29) is 6.42 Å². The number of nitrogens with zero attached hydrogens (tertiary/aromatic N) is 4. The van der Waals surface area contributed by atoms with Crippen molar-refractivity contribution >= 4 is 5.97 Å². The van der Waals surface area contributed by atoms with E-state index >= 15 is 0 Å². The largest absolute Gasteiger partial charge is 0.481 e. The fraction of sp³-hybridized carbons (Fsp3) is 0.444. The monoisotopic (exact) mass is 474 g/mol. The predicted molar refractivity (Wildman–Crippen MR) is 129 cm³/mol. The lowest BCUT2D eigenvalue weighted by atomic mass is 10.1. The van der Waals surface area contributed by atoms with Crippen LogP contribution in [0.2, 0.25) is 0 Å². The molecule has 3 aromatic rings. The quantitative estimate of drug-likeness (QED) is 0.362. The van der Waals surface area contributed by atoms with E-state index in [1.807, 2.05) is 41.1 Å². The molecule has 5 rings (SSSR count). The van der Waals surface area contributed by atoms with Gasteiger partial charge in [-0.15, -0.1) is 0 Å². The summed E-state index contributed by atoms with van der Waals surface area (Å²) in [4.78, 5) is 17.3. The first-order valence-electron chi connectivity index (χ1n) is 12.2. The molecule has 3 heterocycles. The second-order valence-electron chi connectivity index (χ2n) is 9.58. The molecule has 1 aliphatic heterocycles. The molecule has 2 N–H and O–H groups in total. The second-order valence-corrected chi connectivity index (χ2v) is 9.58. The third-order valence-corrected chi connectivity index (χ3v) is 6.95. The summed E-state index contributed by atoms with van der Waals surface area (Å²) in [6.07, 6.45) is 4.81. The molecule has 182 valence electrons. The number of carboxylic acid groups (broad SMARTS) is 1. The number of aliphatic carboxylic acids is 1. The van der Waals surface area contributed by atoms with Gasteiger partial charge in [-0.1, -0.05) is 17.0 Å². The average Bonchev–Trinajstić information content (AvgIpc) is 3.32. The number of unbranched alkanes of at least 4 members (excludes halogenated alkanes) is 1. The first-order chi connectivity index (χ1) is 17.0. The number of aromatic nitrogens is 3. The number of hydrogen-bond donors (Lipinski definition) is 2. The number of aliphatic hydroxyl groups excluding tert-OH is 1. The van der Waals surface area contributed by atoms with Crippen LogP contribution < -0.4 is 0 Å². The lowest BCUT2D eigenvalue weighted by Crippen LogP contribution is -2.25. The molecule has 0 amide bonds. The number of carbonyl (C=O) groups is 1. The van der Waals surface area contributed by atoms with Gasteiger partial charge in [0.25, 0.3) is 0 Å². The minimum atomic E-state index is -0.708. The van der Waals surface area contributed by atoms with E-state index in [1.165, 1.54) is 0 Å². The van der Waals surface area contributed by atoms with E-state index in [0.29, 0.717) is 35.9 Å². The number of likely N-dealkylation sites (tertiary alicyclic amines) is 1. The van der Waals surface area contributed by atoms with E-state index in [1.54, 1.807) is 13.1 Å². The van der Waals surface area contributed by atoms with Crippen LogP contribution in [-0.2, 0) is 11.3 Å². The van der Waals surface area contributed by atoms with Crippen LogP contribution in [0.25, 0.3) is 11.3 Å². The van der Waals surface area contributed by atoms with Crippen molar-refractivity contribution in [3.63, 3.8) is 0 Å². The van der Waals surface area contributed by atoms with Gasteiger partial charge in [0.15, 0.2) is 5.76 Å². The highest BCUT2D eigenvalue weighted by atomic mass is 16.5. The molecule has 2 aromatic heterocycles. The molecule has 1 saturated heterocycles. The fourth-order valence-corrected chi connectivity index (χ4v) is 5.03. The zero-order valence-electron chi connectivity index (χ0n) is 19.8. The Hall–Kier alpha value is -3.41. The van der Waals surface area contributed by atoms with Gasteiger partial charge in [0.1, 0.15) is 17.6 Å². The highest BCUT2D eigenvalue weighted by Crippen LogP contribution is 2.51. The summed E-state index contributed by atoms with van der Waals surface area (Å²) >= 11 is 0. The Bertz CT molecular complexity index is 1220. The summed E-state index contributed by atoms with van der Waals surface area (Å²) < 4.78 is 7.40. The van der Waals surface area contributed by atoms with Gasteiger partial charge in [0, 0.05) is 55.0 Å². The molecule has 1 aromatic carbocycles. The van der Waals surface area contributed by atoms with Crippen molar-refractivity contribution in [2.75, 3.05) is 19.6 Å². The molecule has 0 bridgehead atoms. The van der Waals surface area contributed by atoms with E-state index in [9.17, 15) is 9.90 Å². The van der Waals surface area contributed by atoms with Crippen LogP contribution in [0.3, 0.4) is 0 Å². The number of benzene rings is 1. The molecule has 2 aliphatic rings. The molecule has 8 heteroatoms. The number of rotatable bonds is 9. The molecule has 3 atom stereocenters. The third-order valence-electron chi connectivity index (χ3n) is 6.95. The molecule has 8 nitrogen and oxygen atoms in total. The molecule has 0 spiro atoms. The smallest absolute Gasteiger partial charge is 0.303 e. The topological polar surface area (TPSA) is 105 Å². The minimum absolute atomic E-state index is 0.265. The first kappa shape index (κ1) is 23.3. The number of carboxylic acids is 1. The number of imidazole rings is 1. The molecular formula is C27H30N4O4. The Morgan fingerprint density at radius 2 is 2.00 bits per heavy atom. The SMILES string of the molecule is C[C@H](O)c1nccn1Cc1cc(-c2ccc(C#CC3C4CN(CCCCC(=O)O)CC34)cc2)on1. The maximum absolute atomic E-state index is 10.6. The van der Waals surface area contributed by atoms with Gasteiger partial charge in [-0.25, -0.2) is 4.98 Å². The highest BCUT2D eigenvalue weighted by Gasteiger charge is 2.54. The standard InChI is InChI=1S/C27H30N4O4/c1-18(32)27-28-11-13-31(27)15-21-14-25(35-29-21)20-8-5-19(6-9-20)7-10-22-23-16-30(17-24(22)23)12-3-2-4-26(33)34/h5-6,8-9,11,13-14,18,22-24,32H,2-4,12,15-17H2,1H3,(H,33,34)/t18-,22?,23?,24?/m0/s1. The molecule has 0 radical (unpaired) electrons. The number of piperidine rings is 1. The van der Waals surface area contributed by atoms with Crippen LogP contribution in [0.5, 0.6) is 0 Å². The lowest BCUT2D eigenvalue weighted by molar-refractivity contribution is -0.137. The van der Waals surface area contributed by atoms with E-state index in [0.717, 1.165) is 49.3 Å². The van der Waals surface area contributed by atoms with Crippen LogP contribution in [-0.4, -0.2) is 55.4 Å². The Morgan fingerprint density at radius 3 is 2.71 bits per heavy atom. The van der Waals surface area contributed by atoms with E-state index < -0.39 is 12.1 Å². The normalized spacial score (nSPS) is 21.8. The van der Waals surface area contributed by atoms with Gasteiger partial charge < -0.3 is 24.2 Å². The Labute approximate surface area is 204 Å². The predicted octanol–water partition coefficient (Wildman–Crippen LogP) is 3.42. The van der Waals surface area contributed by atoms with Crippen LogP contribution in [0.15, 0.2) is 47.2 Å². The molecule has 2 unspecified atom stereocenters. The minimum Gasteiger partial charge on any atom is -0.481 e. The van der Waals surface area contributed by atoms with Crippen molar-refractivity contribution in [3.8, 4) is 23.2 Å². The maximum Gasteiger partial charge on any atom is 0.303 e. The summed E-state index contributed by atoms with van der Waals surface area (Å²) in [5, 5.41) is 22.7. The summed E-state index contributed by atoms with van der Waals surface area (Å²) in [7, 11) is 0. The Morgan fingerprint density at radius 1 is 1.23 bits per heavy atom. The molecule has 35 heavy (non-hydrogen) atoms. The van der Waals surface area contributed by atoms with Crippen LogP contribution in [0, 0.1) is 29.6 Å². The number of aliphatic hydroxyl groups is 1. The van der Waals surface area contributed by atoms with Crippen molar-refractivity contribution in [3.05, 3.63) is 59.8 Å². The van der Waals surface area contributed by atoms with Crippen molar-refractivity contribution in [2.45, 2.75) is 38.8 Å². The molecule has 1 saturated carbocycles. The van der Waals surface area contributed by atoms with Gasteiger partial charge in [0.05, 0.1) is 6.54 Å². The highest BCUT2D eigenvalue weighted by molar-refractivity contribution is 5.66. The molecule has 2 fully saturated rings. The van der Waals surface area contributed by atoms with Crippen LogP contribution in [0.1, 0.15) is 49.4 Å². The van der Waals surface area contributed by atoms with Gasteiger partial charge in [-0.2, -0.15) is 0 Å². The van der Waals surface area contributed by atoms with E-state index in [2.05, 4.69) is 26.9 Å². The Kier molecular flexibility index (Phi) is 6.71. The maximum atomic E-state index is 10.6. The Balaban J connectivity index is 1.12. The summed E-state index contributed by atoms with van der Waals surface area (Å²) in [5.74, 6) is 9.19. The van der Waals surface area contributed by atoms with Crippen molar-refractivity contribution in [1.82, 2.24) is 19.6 Å². The van der Waals surface area contributed by atoms with Crippen molar-refractivity contribution < 1.29 is 19.5 Å². The van der Waals surface area contributed by atoms with E-state index in [4.69, 9.17) is 9.63 Å². The van der Waals surface area contributed by atoms with Gasteiger partial charge in [0.2, 0.25) is 0 Å². The number of fused-ring (bicyclic) bond motifs is 1. The van der Waals surface area contributed by atoms with Crippen molar-refractivity contribution in [1.29, 1.82) is 0 Å².